The Balaban J connectivity index is 2.14. The van der Waals surface area contributed by atoms with Gasteiger partial charge in [0.15, 0.2) is 0 Å². The molecule has 1 saturated carbocycles. The van der Waals surface area contributed by atoms with Crippen molar-refractivity contribution in [2.45, 2.75) is 47.1 Å². The van der Waals surface area contributed by atoms with Crippen LogP contribution in [0.2, 0.25) is 0 Å². The van der Waals surface area contributed by atoms with Crippen LogP contribution in [0.5, 0.6) is 5.75 Å². The van der Waals surface area contributed by atoms with Crippen LogP contribution in [-0.2, 0) is 0 Å². The third-order valence-corrected chi connectivity index (χ3v) is 5.00. The summed E-state index contributed by atoms with van der Waals surface area (Å²) in [6.45, 7) is 11.6. The number of pyridine rings is 1. The number of nitrogens with zero attached hydrogens (tertiary/aromatic N) is 1. The van der Waals surface area contributed by atoms with E-state index in [1.165, 1.54) is 0 Å². The summed E-state index contributed by atoms with van der Waals surface area (Å²) in [5, 5.41) is 10.6. The van der Waals surface area contributed by atoms with Gasteiger partial charge in [-0.1, -0.05) is 34.6 Å². The Morgan fingerprint density at radius 3 is 2.42 bits per heavy atom. The zero-order chi connectivity index (χ0) is 14.3. The fourth-order valence-electron chi connectivity index (χ4n) is 3.13. The van der Waals surface area contributed by atoms with E-state index < -0.39 is 6.10 Å². The molecule has 19 heavy (non-hydrogen) atoms. The van der Waals surface area contributed by atoms with E-state index in [-0.39, 0.29) is 16.7 Å². The number of ether oxygens (including phenoxy) is 1. The van der Waals surface area contributed by atoms with Crippen molar-refractivity contribution in [1.29, 1.82) is 0 Å². The van der Waals surface area contributed by atoms with Gasteiger partial charge in [0.2, 0.25) is 0 Å². The molecule has 1 aromatic heterocycles. The minimum Gasteiger partial charge on any atom is -0.492 e. The molecule has 0 radical (unpaired) electrons. The molecule has 1 aromatic rings. The molecular weight excluding hydrogens is 238 g/mol. The number of hydrogen-bond donors (Lipinski definition) is 1. The summed E-state index contributed by atoms with van der Waals surface area (Å²) in [7, 11) is 0. The summed E-state index contributed by atoms with van der Waals surface area (Å²) in [4.78, 5) is 4.18. The van der Waals surface area contributed by atoms with Gasteiger partial charge in [-0.3, -0.25) is 4.98 Å². The summed E-state index contributed by atoms with van der Waals surface area (Å²) in [6, 6.07) is 1.91. The van der Waals surface area contributed by atoms with E-state index in [0.29, 0.717) is 6.61 Å². The fraction of sp³-hybridized carbons (Fsp3) is 0.688. The highest BCUT2D eigenvalue weighted by molar-refractivity contribution is 5.29. The Morgan fingerprint density at radius 1 is 1.26 bits per heavy atom. The smallest absolute Gasteiger partial charge is 0.137 e. The van der Waals surface area contributed by atoms with Crippen LogP contribution < -0.4 is 4.74 Å². The average Bonchev–Trinajstić information content (AvgIpc) is 2.77. The molecule has 0 saturated heterocycles. The first-order chi connectivity index (χ1) is 8.82. The minimum atomic E-state index is -0.470. The van der Waals surface area contributed by atoms with Crippen LogP contribution in [0.15, 0.2) is 18.5 Å². The van der Waals surface area contributed by atoms with Gasteiger partial charge in [0.05, 0.1) is 18.9 Å². The van der Waals surface area contributed by atoms with Crippen LogP contribution in [0, 0.1) is 16.7 Å². The molecule has 1 aliphatic carbocycles. The van der Waals surface area contributed by atoms with Crippen molar-refractivity contribution < 1.29 is 9.84 Å². The van der Waals surface area contributed by atoms with E-state index in [4.69, 9.17) is 4.74 Å². The summed E-state index contributed by atoms with van der Waals surface area (Å²) in [5.74, 6) is 1.01. The van der Waals surface area contributed by atoms with E-state index in [0.717, 1.165) is 17.7 Å². The van der Waals surface area contributed by atoms with Gasteiger partial charge in [0, 0.05) is 17.7 Å². The van der Waals surface area contributed by atoms with E-state index in [2.05, 4.69) is 39.6 Å². The molecule has 3 heteroatoms. The molecule has 106 valence electrons. The van der Waals surface area contributed by atoms with Crippen molar-refractivity contribution in [3.05, 3.63) is 24.0 Å². The second-order valence-electron chi connectivity index (χ2n) is 6.67. The number of aromatic nitrogens is 1. The van der Waals surface area contributed by atoms with Crippen molar-refractivity contribution >= 4 is 0 Å². The van der Waals surface area contributed by atoms with Gasteiger partial charge in [0.25, 0.3) is 0 Å². The van der Waals surface area contributed by atoms with E-state index in [1.54, 1.807) is 12.4 Å². The summed E-state index contributed by atoms with van der Waals surface area (Å²) >= 11 is 0. The molecule has 1 unspecified atom stereocenters. The summed E-state index contributed by atoms with van der Waals surface area (Å²) in [5.41, 5.74) is 1.18. The van der Waals surface area contributed by atoms with Crippen molar-refractivity contribution in [1.82, 2.24) is 4.98 Å². The second-order valence-corrected chi connectivity index (χ2v) is 6.67. The minimum absolute atomic E-state index is 0.159. The molecule has 0 aromatic carbocycles. The quantitative estimate of drug-likeness (QED) is 0.882. The van der Waals surface area contributed by atoms with Gasteiger partial charge >= 0.3 is 0 Å². The van der Waals surface area contributed by atoms with Gasteiger partial charge < -0.3 is 9.84 Å². The third-order valence-electron chi connectivity index (χ3n) is 5.00. The van der Waals surface area contributed by atoms with Gasteiger partial charge in [-0.25, -0.2) is 0 Å². The number of aliphatic hydroxyl groups excluding tert-OH is 1. The van der Waals surface area contributed by atoms with Crippen molar-refractivity contribution in [2.75, 3.05) is 6.61 Å². The maximum absolute atomic E-state index is 10.6. The normalized spacial score (nSPS) is 22.0. The molecule has 3 nitrogen and oxygen atoms in total. The molecule has 1 heterocycles. The predicted molar refractivity (Wildman–Crippen MR) is 76.0 cm³/mol. The Hall–Kier alpha value is -1.09. The van der Waals surface area contributed by atoms with Gasteiger partial charge in [-0.2, -0.15) is 0 Å². The zero-order valence-electron chi connectivity index (χ0n) is 12.6. The molecule has 1 aliphatic rings. The van der Waals surface area contributed by atoms with Crippen molar-refractivity contribution in [2.24, 2.45) is 16.7 Å². The topological polar surface area (TPSA) is 42.4 Å². The number of aliphatic hydroxyl groups is 1. The molecule has 0 spiro atoms. The molecular formula is C16H25NO2. The lowest BCUT2D eigenvalue weighted by Gasteiger charge is -2.14. The first kappa shape index (κ1) is 14.3. The Bertz CT molecular complexity index is 440. The predicted octanol–water partition coefficient (Wildman–Crippen LogP) is 3.59. The van der Waals surface area contributed by atoms with E-state index >= 15 is 0 Å². The fourth-order valence-corrected chi connectivity index (χ4v) is 3.13. The van der Waals surface area contributed by atoms with Crippen molar-refractivity contribution in [3.63, 3.8) is 0 Å². The molecule has 0 bridgehead atoms. The lowest BCUT2D eigenvalue weighted by atomic mass is 10.0. The lowest BCUT2D eigenvalue weighted by Crippen LogP contribution is -2.06. The van der Waals surface area contributed by atoms with E-state index in [9.17, 15) is 5.11 Å². The van der Waals surface area contributed by atoms with Gasteiger partial charge in [0.1, 0.15) is 5.75 Å². The van der Waals surface area contributed by atoms with Crippen LogP contribution in [-0.4, -0.2) is 16.7 Å². The van der Waals surface area contributed by atoms with Crippen molar-refractivity contribution in [3.8, 4) is 5.75 Å². The van der Waals surface area contributed by atoms with Gasteiger partial charge in [-0.15, -0.1) is 0 Å². The zero-order valence-corrected chi connectivity index (χ0v) is 12.6. The van der Waals surface area contributed by atoms with Crippen LogP contribution in [0.4, 0.5) is 0 Å². The molecule has 0 aliphatic heterocycles. The van der Waals surface area contributed by atoms with Gasteiger partial charge in [-0.05, 0) is 23.3 Å². The molecule has 1 N–H and O–H groups in total. The van der Waals surface area contributed by atoms with E-state index in [1.807, 2.05) is 6.07 Å². The van der Waals surface area contributed by atoms with Crippen LogP contribution in [0.1, 0.15) is 52.7 Å². The highest BCUT2D eigenvalue weighted by atomic mass is 16.5. The number of hydrogen-bond acceptors (Lipinski definition) is 3. The third kappa shape index (κ3) is 2.36. The van der Waals surface area contributed by atoms with Crippen LogP contribution >= 0.6 is 0 Å². The molecule has 2 rings (SSSR count). The SMILES string of the molecule is CCCOc1cncc(C(O)C2C(C)(C)C2(C)C)c1. The Kier molecular flexibility index (Phi) is 3.61. The largest absolute Gasteiger partial charge is 0.492 e. The molecule has 0 amide bonds. The lowest BCUT2D eigenvalue weighted by molar-refractivity contribution is 0.130. The summed E-state index contributed by atoms with van der Waals surface area (Å²) in [6.07, 6.45) is 3.95. The standard InChI is InChI=1S/C16H25NO2/c1-6-7-19-12-8-11(9-17-10-12)13(18)14-15(2,3)16(14,4)5/h8-10,13-14,18H,6-7H2,1-5H3. The maximum atomic E-state index is 10.6. The highest BCUT2D eigenvalue weighted by Gasteiger charge is 2.67. The molecule has 1 atom stereocenters. The van der Waals surface area contributed by atoms with Crippen LogP contribution in [0.25, 0.3) is 0 Å². The Labute approximate surface area is 116 Å². The maximum Gasteiger partial charge on any atom is 0.137 e. The monoisotopic (exact) mass is 263 g/mol. The number of rotatable bonds is 5. The highest BCUT2D eigenvalue weighted by Crippen LogP contribution is 2.72. The first-order valence-corrected chi connectivity index (χ1v) is 7.08. The summed E-state index contributed by atoms with van der Waals surface area (Å²) < 4.78 is 5.58. The Morgan fingerprint density at radius 2 is 1.89 bits per heavy atom. The molecule has 1 fully saturated rings. The first-order valence-electron chi connectivity index (χ1n) is 7.08. The second kappa shape index (κ2) is 4.78. The van der Waals surface area contributed by atoms with Crippen LogP contribution in [0.3, 0.4) is 0 Å². The average molecular weight is 263 g/mol.